The van der Waals surface area contributed by atoms with E-state index in [-0.39, 0.29) is 57.5 Å². The van der Waals surface area contributed by atoms with E-state index in [1.165, 1.54) is 24.3 Å². The van der Waals surface area contributed by atoms with Crippen molar-refractivity contribution in [2.45, 2.75) is 61.4 Å². The molecule has 29 heteroatoms. The lowest BCUT2D eigenvalue weighted by Crippen LogP contribution is -2.42. The molecule has 7 aromatic heterocycles. The highest BCUT2D eigenvalue weighted by molar-refractivity contribution is 7.87. The van der Waals surface area contributed by atoms with Crippen molar-refractivity contribution in [3.8, 4) is 28.8 Å². The second kappa shape index (κ2) is 26.1. The fourth-order valence-electron chi connectivity index (χ4n) is 13.1. The number of rotatable bonds is 18. The number of aryl methyl sites for hydroxylation is 2. The number of aromatic nitrogens is 13. The Morgan fingerprint density at radius 3 is 2.14 bits per heavy atom. The van der Waals surface area contributed by atoms with Crippen molar-refractivity contribution >= 4 is 105 Å². The van der Waals surface area contributed by atoms with E-state index in [0.717, 1.165) is 27.7 Å². The Labute approximate surface area is 596 Å². The van der Waals surface area contributed by atoms with Gasteiger partial charge in [-0.1, -0.05) is 102 Å². The molecule has 0 radical (unpaired) electrons. The van der Waals surface area contributed by atoms with E-state index >= 15 is 4.79 Å². The minimum atomic E-state index is -4.78. The normalized spacial score (nSPS) is 14.9. The number of para-hydroxylation sites is 4. The predicted octanol–water partition coefficient (Wildman–Crippen LogP) is 11.3. The first-order valence-corrected chi connectivity index (χ1v) is 35.7. The molecule has 3 amide bonds. The molecule has 17 rings (SSSR count). The van der Waals surface area contributed by atoms with Gasteiger partial charge in [-0.25, -0.2) is 19.9 Å². The summed E-state index contributed by atoms with van der Waals surface area (Å²) in [7, 11) is -9.39. The summed E-state index contributed by atoms with van der Waals surface area (Å²) in [5, 5.41) is 25.7. The molecule has 2 atom stereocenters. The summed E-state index contributed by atoms with van der Waals surface area (Å²) in [6.07, 6.45) is 5.60. The minimum Gasteiger partial charge on any atom is -0.465 e. The van der Waals surface area contributed by atoms with Gasteiger partial charge in [0.05, 0.1) is 74.8 Å². The Hall–Kier alpha value is -13.5. The van der Waals surface area contributed by atoms with Gasteiger partial charge in [0.25, 0.3) is 23.6 Å². The van der Waals surface area contributed by atoms with Gasteiger partial charge in [0, 0.05) is 29.1 Å². The van der Waals surface area contributed by atoms with Crippen LogP contribution < -0.4 is 24.3 Å². The number of nitrogens with one attached hydrogen (secondary N) is 3. The number of pyridine rings is 1. The van der Waals surface area contributed by atoms with Gasteiger partial charge in [-0.2, -0.15) is 36.5 Å². The summed E-state index contributed by atoms with van der Waals surface area (Å²) in [5.74, 6) is -2.11. The maximum atomic E-state index is 15.4. The number of amides is 3. The largest absolute Gasteiger partial charge is 0.465 e. The van der Waals surface area contributed by atoms with Gasteiger partial charge < -0.3 is 37.8 Å². The van der Waals surface area contributed by atoms with Gasteiger partial charge in [-0.05, 0) is 180 Å². The number of carbonyl (C=O) groups excluding carboxylic acids is 3. The zero-order valence-electron chi connectivity index (χ0n) is 55.3. The van der Waals surface area contributed by atoms with Gasteiger partial charge in [-0.3, -0.25) is 14.4 Å². The number of carbonyl (C=O) groups is 3. The summed E-state index contributed by atoms with van der Waals surface area (Å²) in [4.78, 5) is 75.4. The van der Waals surface area contributed by atoms with Crippen LogP contribution in [0.1, 0.15) is 83.2 Å². The zero-order chi connectivity index (χ0) is 71.7. The number of imidazole rings is 1. The second-order valence-electron chi connectivity index (χ2n) is 25.2. The number of tetrazole rings is 1. The third-order valence-electron chi connectivity index (χ3n) is 18.2. The molecule has 3 N–H and O–H groups in total. The van der Waals surface area contributed by atoms with E-state index in [1.54, 1.807) is 122 Å². The van der Waals surface area contributed by atoms with Crippen LogP contribution in [0.25, 0.3) is 73.0 Å². The van der Waals surface area contributed by atoms with E-state index in [0.29, 0.717) is 96.3 Å². The summed E-state index contributed by atoms with van der Waals surface area (Å²) in [6, 6.07) is 54.5. The molecular formula is C76H54N16O11S2. The van der Waals surface area contributed by atoms with E-state index in [2.05, 4.69) is 71.1 Å². The quantitative estimate of drug-likeness (QED) is 0.0530. The van der Waals surface area contributed by atoms with Gasteiger partial charge in [0.2, 0.25) is 28.9 Å². The highest BCUT2D eigenvalue weighted by Crippen LogP contribution is 2.48. The van der Waals surface area contributed by atoms with Crippen LogP contribution >= 0.6 is 0 Å². The first-order valence-electron chi connectivity index (χ1n) is 32.9. The Kier molecular flexibility index (Phi) is 16.1. The SMILES string of the molecule is Cc1ccc(S(=O)(=O)Oc2nc3nc4ccccc4nc3nc2OS(=O)(=O)c2ccc(Cc3ccc4c(C(=O)Nc5cccc(-n6nnnc6C)c5)c5c(nc4c3)/C(=C\c3ccco3)C(c3ccc4c(c3)NC(=O)[C@H](Cc3nc(-c6cccc(Cn7cnc8ccccc87)c6)no3)NC4=O)C5)cc2)cc1. The minimum absolute atomic E-state index is 0.107. The van der Waals surface area contributed by atoms with Crippen LogP contribution in [-0.4, -0.2) is 105 Å². The molecule has 8 aromatic carbocycles. The van der Waals surface area contributed by atoms with Crippen molar-refractivity contribution < 1.29 is 48.5 Å². The lowest BCUT2D eigenvalue weighted by atomic mass is 9.90. The number of hydrogen-bond donors (Lipinski definition) is 3. The fourth-order valence-corrected chi connectivity index (χ4v) is 14.8. The van der Waals surface area contributed by atoms with Crippen LogP contribution in [0, 0.1) is 13.8 Å². The molecule has 1 aliphatic heterocycles. The Morgan fingerprint density at radius 1 is 0.686 bits per heavy atom. The standard InChI is InChI=1S/C76H54N16O11S2/c1-42-19-25-52(26-20-42)104(96,97)102-75-76(86-71-70(85-75)80-59-15-3-4-16-60(59)81-71)103-105(98,99)53-27-21-44(22-28-53)32-45-23-29-54-62(34-45)79-68-57(37-51-14-9-31-100-51)56(38-58(68)67(54)74(95)78-49-12-8-13-50(36-49)92-43(2)87-89-90-92)47-24-30-55-63(35-47)82-73(94)64(83-72(55)93)39-66-84-69(88-101-66)48-11-7-10-46(33-48)40-91-41-77-61-17-5-6-18-65(61)91/h3-31,33-37,41,56,64H,32,38-40H2,1-2H3,(H,78,95)(H,82,94)(H,83,93)/b57-37-/t56?,64-/m0/s1. The smallest absolute Gasteiger partial charge is 0.340 e. The van der Waals surface area contributed by atoms with Gasteiger partial charge in [-0.15, -0.1) is 5.10 Å². The molecule has 15 aromatic rings. The van der Waals surface area contributed by atoms with Crippen molar-refractivity contribution in [1.29, 1.82) is 0 Å². The number of nitrogens with zero attached hydrogens (tertiary/aromatic N) is 13. The molecule has 105 heavy (non-hydrogen) atoms. The zero-order valence-corrected chi connectivity index (χ0v) is 56.9. The molecule has 0 spiro atoms. The molecule has 1 unspecified atom stereocenters. The number of benzene rings is 8. The maximum Gasteiger partial charge on any atom is 0.340 e. The molecule has 27 nitrogen and oxygen atoms in total. The molecule has 2 aliphatic rings. The van der Waals surface area contributed by atoms with Crippen LogP contribution in [0.2, 0.25) is 0 Å². The van der Waals surface area contributed by atoms with Crippen LogP contribution in [0.5, 0.6) is 11.8 Å². The van der Waals surface area contributed by atoms with Crippen molar-refractivity contribution in [3.63, 3.8) is 0 Å². The number of fused-ring (bicyclic) bond motifs is 6. The molecule has 1 aliphatic carbocycles. The third-order valence-corrected chi connectivity index (χ3v) is 20.6. The Balaban J connectivity index is 0.668. The van der Waals surface area contributed by atoms with E-state index in [1.807, 2.05) is 84.9 Å². The molecular weight excluding hydrogens is 1380 g/mol. The first-order chi connectivity index (χ1) is 50.9. The summed E-state index contributed by atoms with van der Waals surface area (Å²) < 4.78 is 82.1. The molecule has 516 valence electrons. The Morgan fingerprint density at radius 2 is 1.41 bits per heavy atom. The number of hydrogen-bond acceptors (Lipinski definition) is 22. The summed E-state index contributed by atoms with van der Waals surface area (Å²) in [6.45, 7) is 4.10. The van der Waals surface area contributed by atoms with Crippen LogP contribution in [0.15, 0.2) is 225 Å². The lowest BCUT2D eigenvalue weighted by molar-refractivity contribution is -0.118. The number of allylic oxidation sites excluding steroid dienone is 1. The molecule has 0 saturated carbocycles. The molecule has 0 fully saturated rings. The van der Waals surface area contributed by atoms with Crippen LogP contribution in [0.4, 0.5) is 11.4 Å². The highest BCUT2D eigenvalue weighted by Gasteiger charge is 2.38. The number of anilines is 2. The number of furan rings is 1. The lowest BCUT2D eigenvalue weighted by Gasteiger charge is -2.15. The Bertz CT molecular complexity index is 6320. The average Bonchev–Trinajstić information content (AvgIpc) is 1.63. The average molecular weight is 1430 g/mol. The monoisotopic (exact) mass is 1430 g/mol. The fraction of sp³-hybridized carbons (Fsp3) is 0.105. The third kappa shape index (κ3) is 12.8. The topological polar surface area (TPSA) is 352 Å². The summed E-state index contributed by atoms with van der Waals surface area (Å²) in [5.41, 5.74) is 11.1. The van der Waals surface area contributed by atoms with E-state index in [4.69, 9.17) is 22.3 Å². The summed E-state index contributed by atoms with van der Waals surface area (Å²) >= 11 is 0. The van der Waals surface area contributed by atoms with Crippen molar-refractivity contribution in [1.82, 2.24) is 70.1 Å². The molecule has 8 heterocycles. The van der Waals surface area contributed by atoms with Gasteiger partial charge >= 0.3 is 20.2 Å². The van der Waals surface area contributed by atoms with Crippen molar-refractivity contribution in [2.24, 2.45) is 0 Å². The van der Waals surface area contributed by atoms with E-state index < -0.39 is 61.7 Å². The second-order valence-corrected chi connectivity index (χ2v) is 28.3. The predicted molar refractivity (Wildman–Crippen MR) is 384 cm³/mol. The first kappa shape index (κ1) is 64.8. The van der Waals surface area contributed by atoms with Gasteiger partial charge in [0.15, 0.2) is 5.82 Å². The van der Waals surface area contributed by atoms with Crippen LogP contribution in [-0.2, 0) is 50.8 Å². The van der Waals surface area contributed by atoms with E-state index in [9.17, 15) is 26.4 Å². The van der Waals surface area contributed by atoms with Crippen molar-refractivity contribution in [3.05, 3.63) is 274 Å². The molecule has 0 saturated heterocycles. The highest BCUT2D eigenvalue weighted by atomic mass is 32.2. The van der Waals surface area contributed by atoms with Gasteiger partial charge in [0.1, 0.15) is 21.6 Å². The van der Waals surface area contributed by atoms with Crippen molar-refractivity contribution in [2.75, 3.05) is 10.6 Å². The maximum absolute atomic E-state index is 15.4. The van der Waals surface area contributed by atoms with Crippen LogP contribution in [0.3, 0.4) is 0 Å². The molecule has 0 bridgehead atoms.